The molecular weight excluding hydrogens is 588 g/mol. The van der Waals surface area contributed by atoms with Crippen molar-refractivity contribution in [1.29, 1.82) is 0 Å². The third kappa shape index (κ3) is 9.11. The molecule has 0 radical (unpaired) electrons. The molecule has 1 amide bonds. The molecule has 12 atom stereocenters. The summed E-state index contributed by atoms with van der Waals surface area (Å²) in [6.07, 6.45) is 9.78. The zero-order chi connectivity index (χ0) is 32.7. The number of rotatable bonds is 13. The highest BCUT2D eigenvalue weighted by molar-refractivity contribution is 5.85. The summed E-state index contributed by atoms with van der Waals surface area (Å²) in [6.45, 7) is 4.58. The van der Waals surface area contributed by atoms with Crippen LogP contribution in [0.4, 0.5) is 0 Å². The predicted octanol–water partition coefficient (Wildman–Crippen LogP) is 4.32. The van der Waals surface area contributed by atoms with E-state index in [0.717, 1.165) is 57.8 Å². The topological polar surface area (TPSA) is 203 Å². The van der Waals surface area contributed by atoms with Crippen LogP contribution in [-0.2, 0) is 19.3 Å². The molecule has 0 spiro atoms. The van der Waals surface area contributed by atoms with Crippen LogP contribution in [0.2, 0.25) is 0 Å². The van der Waals surface area contributed by atoms with E-state index in [2.05, 4.69) is 29.5 Å². The van der Waals surface area contributed by atoms with Gasteiger partial charge in [0.05, 0.1) is 25.0 Å². The average Bonchev–Trinajstić information content (AvgIpc) is 2.99. The Morgan fingerprint density at radius 1 is 0.822 bits per heavy atom. The molecule has 256 valence electrons. The highest BCUT2D eigenvalue weighted by Crippen LogP contribution is 2.40. The lowest BCUT2D eigenvalue weighted by atomic mass is 9.70. The maximum Gasteiger partial charge on any atom is 0.307 e. The van der Waals surface area contributed by atoms with E-state index < -0.39 is 40.7 Å². The molecule has 0 heterocycles. The van der Waals surface area contributed by atoms with Crippen LogP contribution in [0, 0.1) is 67.6 Å². The summed E-state index contributed by atoms with van der Waals surface area (Å²) in [5.41, 5.74) is 3.20. The molecule has 4 rings (SSSR count). The summed E-state index contributed by atoms with van der Waals surface area (Å²) < 4.78 is 0. The molecule has 0 saturated heterocycles. The van der Waals surface area contributed by atoms with E-state index in [1.165, 1.54) is 0 Å². The van der Waals surface area contributed by atoms with Crippen molar-refractivity contribution in [2.45, 2.75) is 121 Å². The number of nitrogens with zero attached hydrogens (tertiary/aromatic N) is 2. The third-order valence-electron chi connectivity index (χ3n) is 11.5. The maximum absolute atomic E-state index is 13.2. The number of amides is 1. The quantitative estimate of drug-likeness (QED) is 0.127. The van der Waals surface area contributed by atoms with E-state index in [1.807, 2.05) is 0 Å². The highest BCUT2D eigenvalue weighted by Gasteiger charge is 2.49. The van der Waals surface area contributed by atoms with Gasteiger partial charge in [0.25, 0.3) is 0 Å². The van der Waals surface area contributed by atoms with Gasteiger partial charge in [-0.1, -0.05) is 13.8 Å². The first-order valence-electron chi connectivity index (χ1n) is 16.9. The van der Waals surface area contributed by atoms with Crippen molar-refractivity contribution in [3.63, 3.8) is 0 Å². The van der Waals surface area contributed by atoms with Crippen LogP contribution >= 0.6 is 0 Å². The Morgan fingerprint density at radius 2 is 1.42 bits per heavy atom. The molecule has 4 aliphatic carbocycles. The Bertz CT molecular complexity index is 1010. The summed E-state index contributed by atoms with van der Waals surface area (Å²) in [7, 11) is 0. The molecule has 0 bridgehead atoms. The minimum atomic E-state index is -1.16. The normalized spacial score (nSPS) is 39.1. The molecule has 0 aromatic heterocycles. The standard InChI is InChI=1S/C31H52N4O10/c1-18-13-20(9-11-25(18)32-30(36)29-23(31(37)38)6-4-8-28(29)35(41)42)15-21-10-12-26(19(2)14-21)33-44-17-24-22(16-45-43)5-3-7-27(24)34(39)40/h18-29,33,43H,3-17H2,1-2H3,(H,32,36)(H,37,38). The summed E-state index contributed by atoms with van der Waals surface area (Å²) >= 11 is 0. The van der Waals surface area contributed by atoms with Gasteiger partial charge in [-0.2, -0.15) is 5.48 Å². The number of carbonyl (C=O) groups excluding carboxylic acids is 1. The second kappa shape index (κ2) is 16.4. The SMILES string of the molecule is CC1CC(CC2CCC(NC(=O)C3C(C(=O)O)CCCC3[N+](=O)[O-])C(C)C2)CCC1NOCC1C(COO)CCCC1[N+](=O)[O-]. The van der Waals surface area contributed by atoms with Gasteiger partial charge in [0.1, 0.15) is 5.92 Å². The van der Waals surface area contributed by atoms with Crippen molar-refractivity contribution in [3.05, 3.63) is 20.2 Å². The number of carboxylic acids is 1. The Morgan fingerprint density at radius 3 is 2.00 bits per heavy atom. The number of aliphatic carboxylic acids is 1. The Balaban J connectivity index is 1.21. The van der Waals surface area contributed by atoms with E-state index in [0.29, 0.717) is 30.6 Å². The van der Waals surface area contributed by atoms with Crippen molar-refractivity contribution in [2.75, 3.05) is 13.2 Å². The van der Waals surface area contributed by atoms with Gasteiger partial charge in [0.2, 0.25) is 18.0 Å². The van der Waals surface area contributed by atoms with E-state index in [-0.39, 0.29) is 60.8 Å². The van der Waals surface area contributed by atoms with Crippen molar-refractivity contribution in [2.24, 2.45) is 47.3 Å². The monoisotopic (exact) mass is 640 g/mol. The van der Waals surface area contributed by atoms with Gasteiger partial charge in [-0.25, -0.2) is 4.89 Å². The van der Waals surface area contributed by atoms with Crippen molar-refractivity contribution < 1.29 is 39.5 Å². The number of nitrogens with one attached hydrogen (secondary N) is 2. The number of hydrogen-bond acceptors (Lipinski definition) is 10. The summed E-state index contributed by atoms with van der Waals surface area (Å²) in [6, 6.07) is -1.82. The van der Waals surface area contributed by atoms with Crippen molar-refractivity contribution in [3.8, 4) is 0 Å². The first-order valence-corrected chi connectivity index (χ1v) is 16.9. The van der Waals surface area contributed by atoms with Gasteiger partial charge >= 0.3 is 5.97 Å². The first kappa shape index (κ1) is 35.4. The molecule has 0 aromatic carbocycles. The number of hydrogen-bond donors (Lipinski definition) is 4. The molecule has 14 heteroatoms. The number of hydroxylamine groups is 1. The molecule has 4 aliphatic rings. The molecule has 14 nitrogen and oxygen atoms in total. The predicted molar refractivity (Wildman–Crippen MR) is 162 cm³/mol. The van der Waals surface area contributed by atoms with Gasteiger partial charge in [0, 0.05) is 34.8 Å². The smallest absolute Gasteiger partial charge is 0.307 e. The summed E-state index contributed by atoms with van der Waals surface area (Å²) in [5, 5.41) is 44.9. The van der Waals surface area contributed by atoms with Crippen LogP contribution in [0.3, 0.4) is 0 Å². The lowest BCUT2D eigenvalue weighted by molar-refractivity contribution is -0.540. The molecular formula is C31H52N4O10. The molecule has 4 fully saturated rings. The van der Waals surface area contributed by atoms with Crippen LogP contribution in [-0.4, -0.2) is 69.5 Å². The van der Waals surface area contributed by atoms with E-state index >= 15 is 0 Å². The fraction of sp³-hybridized carbons (Fsp3) is 0.935. The van der Waals surface area contributed by atoms with Gasteiger partial charge in [-0.15, -0.1) is 0 Å². The molecule has 0 aromatic rings. The van der Waals surface area contributed by atoms with Crippen LogP contribution < -0.4 is 10.8 Å². The average molecular weight is 641 g/mol. The van der Waals surface area contributed by atoms with Crippen molar-refractivity contribution >= 4 is 11.9 Å². The van der Waals surface area contributed by atoms with Gasteiger partial charge < -0.3 is 15.3 Å². The third-order valence-corrected chi connectivity index (χ3v) is 11.5. The largest absolute Gasteiger partial charge is 0.481 e. The summed E-state index contributed by atoms with van der Waals surface area (Å²) in [5.74, 6) is -2.57. The lowest BCUT2D eigenvalue weighted by Crippen LogP contribution is -2.53. The summed E-state index contributed by atoms with van der Waals surface area (Å²) in [4.78, 5) is 57.8. The van der Waals surface area contributed by atoms with Crippen LogP contribution in [0.5, 0.6) is 0 Å². The number of carbonyl (C=O) groups is 2. The molecule has 4 saturated carbocycles. The number of nitro groups is 2. The first-order chi connectivity index (χ1) is 21.5. The Labute approximate surface area is 264 Å². The Hall–Kier alpha value is -2.42. The minimum Gasteiger partial charge on any atom is -0.481 e. The highest BCUT2D eigenvalue weighted by atomic mass is 17.1. The van der Waals surface area contributed by atoms with Gasteiger partial charge in [-0.05, 0) is 100 Å². The van der Waals surface area contributed by atoms with E-state index in [4.69, 9.17) is 10.1 Å². The Kier molecular flexibility index (Phi) is 12.9. The molecule has 12 unspecified atom stereocenters. The van der Waals surface area contributed by atoms with E-state index in [1.54, 1.807) is 0 Å². The van der Waals surface area contributed by atoms with Crippen LogP contribution in [0.25, 0.3) is 0 Å². The van der Waals surface area contributed by atoms with Crippen molar-refractivity contribution in [1.82, 2.24) is 10.8 Å². The fourth-order valence-electron chi connectivity index (χ4n) is 9.02. The molecule has 45 heavy (non-hydrogen) atoms. The van der Waals surface area contributed by atoms with Crippen LogP contribution in [0.1, 0.15) is 97.3 Å². The maximum atomic E-state index is 13.2. The fourth-order valence-corrected chi connectivity index (χ4v) is 9.02. The zero-order valence-corrected chi connectivity index (χ0v) is 26.6. The van der Waals surface area contributed by atoms with E-state index in [9.17, 15) is 34.9 Å². The van der Waals surface area contributed by atoms with Gasteiger partial charge in [-0.3, -0.25) is 35.1 Å². The second-order valence-electron chi connectivity index (χ2n) is 14.5. The molecule has 0 aliphatic heterocycles. The zero-order valence-electron chi connectivity index (χ0n) is 26.6. The number of carboxylic acid groups (broad SMARTS) is 1. The van der Waals surface area contributed by atoms with Gasteiger partial charge in [0.15, 0.2) is 0 Å². The van der Waals surface area contributed by atoms with Crippen LogP contribution in [0.15, 0.2) is 0 Å². The lowest BCUT2D eigenvalue weighted by Gasteiger charge is -2.40. The second-order valence-corrected chi connectivity index (χ2v) is 14.5. The molecule has 4 N–H and O–H groups in total. The minimum absolute atomic E-state index is 0.0700.